The van der Waals surface area contributed by atoms with Crippen LogP contribution >= 0.6 is 0 Å². The number of rotatable bonds is 3. The summed E-state index contributed by atoms with van der Waals surface area (Å²) in [4.78, 5) is 11.2. The summed E-state index contributed by atoms with van der Waals surface area (Å²) in [5.41, 5.74) is 2.83. The van der Waals surface area contributed by atoms with E-state index in [0.29, 0.717) is 0 Å². The van der Waals surface area contributed by atoms with Crippen LogP contribution in [-0.2, 0) is 0 Å². The molecule has 14 heavy (non-hydrogen) atoms. The van der Waals surface area contributed by atoms with Crippen molar-refractivity contribution in [1.82, 2.24) is 0 Å². The average molecular weight is 186 g/mol. The first kappa shape index (κ1) is 10.5. The van der Waals surface area contributed by atoms with E-state index in [0.717, 1.165) is 16.7 Å². The standard InChI is InChI=1S/C13H14O/c1-4-6-13-9-12(10(3)14)8-7-11(13)5-2/h4-9H,2H2,1,3H3/b6-4-. The number of carbonyl (C=O) groups excluding carboxylic acids is 1. The van der Waals surface area contributed by atoms with E-state index in [9.17, 15) is 4.79 Å². The Labute approximate surface area is 84.8 Å². The second kappa shape index (κ2) is 4.56. The summed E-state index contributed by atoms with van der Waals surface area (Å²) in [7, 11) is 0. The molecule has 0 aromatic heterocycles. The fraction of sp³-hybridized carbons (Fsp3) is 0.154. The third-order valence-electron chi connectivity index (χ3n) is 2.06. The van der Waals surface area contributed by atoms with Gasteiger partial charge in [-0.2, -0.15) is 0 Å². The number of ketones is 1. The summed E-state index contributed by atoms with van der Waals surface area (Å²) in [6, 6.07) is 5.63. The molecule has 0 saturated heterocycles. The summed E-state index contributed by atoms with van der Waals surface area (Å²) < 4.78 is 0. The number of hydrogen-bond donors (Lipinski definition) is 0. The molecular weight excluding hydrogens is 172 g/mol. The molecular formula is C13H14O. The van der Waals surface area contributed by atoms with Gasteiger partial charge < -0.3 is 0 Å². The summed E-state index contributed by atoms with van der Waals surface area (Å²) in [5.74, 6) is 0.0892. The van der Waals surface area contributed by atoms with Gasteiger partial charge in [-0.1, -0.05) is 36.9 Å². The molecule has 0 heterocycles. The highest BCUT2D eigenvalue weighted by atomic mass is 16.1. The summed E-state index contributed by atoms with van der Waals surface area (Å²) in [6.45, 7) is 7.25. The lowest BCUT2D eigenvalue weighted by Gasteiger charge is -2.03. The minimum Gasteiger partial charge on any atom is -0.295 e. The van der Waals surface area contributed by atoms with Crippen LogP contribution in [0.25, 0.3) is 12.2 Å². The van der Waals surface area contributed by atoms with E-state index in [1.54, 1.807) is 13.0 Å². The number of hydrogen-bond acceptors (Lipinski definition) is 1. The SMILES string of the molecule is C=Cc1ccc(C(C)=O)cc1/C=C\C. The Balaban J connectivity index is 3.27. The van der Waals surface area contributed by atoms with Crippen molar-refractivity contribution in [2.24, 2.45) is 0 Å². The second-order valence-electron chi connectivity index (χ2n) is 3.10. The van der Waals surface area contributed by atoms with E-state index >= 15 is 0 Å². The Morgan fingerprint density at radius 1 is 1.36 bits per heavy atom. The molecule has 0 aliphatic carbocycles. The van der Waals surface area contributed by atoms with Crippen molar-refractivity contribution in [3.05, 3.63) is 47.5 Å². The fourth-order valence-corrected chi connectivity index (χ4v) is 1.30. The molecule has 1 aromatic rings. The first-order valence-electron chi connectivity index (χ1n) is 4.59. The zero-order valence-electron chi connectivity index (χ0n) is 8.58. The van der Waals surface area contributed by atoms with Crippen molar-refractivity contribution in [3.63, 3.8) is 0 Å². The van der Waals surface area contributed by atoms with E-state index < -0.39 is 0 Å². The molecule has 0 aliphatic heterocycles. The van der Waals surface area contributed by atoms with Gasteiger partial charge in [0.15, 0.2) is 5.78 Å². The maximum Gasteiger partial charge on any atom is 0.159 e. The minimum atomic E-state index is 0.0892. The Kier molecular flexibility index (Phi) is 3.41. The zero-order chi connectivity index (χ0) is 10.6. The highest BCUT2D eigenvalue weighted by Gasteiger charge is 2.01. The number of allylic oxidation sites excluding steroid dienone is 1. The molecule has 0 N–H and O–H groups in total. The minimum absolute atomic E-state index is 0.0892. The van der Waals surface area contributed by atoms with Crippen LogP contribution in [0.1, 0.15) is 35.3 Å². The molecule has 1 heteroatoms. The number of carbonyl (C=O) groups is 1. The van der Waals surface area contributed by atoms with Gasteiger partial charge in [-0.3, -0.25) is 4.79 Å². The fourth-order valence-electron chi connectivity index (χ4n) is 1.30. The predicted octanol–water partition coefficient (Wildman–Crippen LogP) is 3.57. The Morgan fingerprint density at radius 3 is 2.57 bits per heavy atom. The van der Waals surface area contributed by atoms with Gasteiger partial charge >= 0.3 is 0 Å². The first-order valence-corrected chi connectivity index (χ1v) is 4.59. The lowest BCUT2D eigenvalue weighted by Crippen LogP contribution is -1.93. The molecule has 0 bridgehead atoms. The van der Waals surface area contributed by atoms with Crippen molar-refractivity contribution in [2.75, 3.05) is 0 Å². The van der Waals surface area contributed by atoms with Crippen LogP contribution in [0.2, 0.25) is 0 Å². The van der Waals surface area contributed by atoms with Crippen LogP contribution in [0, 0.1) is 0 Å². The van der Waals surface area contributed by atoms with Gasteiger partial charge in [0.2, 0.25) is 0 Å². The smallest absolute Gasteiger partial charge is 0.159 e. The average Bonchev–Trinajstić information content (AvgIpc) is 2.18. The van der Waals surface area contributed by atoms with Gasteiger partial charge in [-0.15, -0.1) is 0 Å². The largest absolute Gasteiger partial charge is 0.295 e. The van der Waals surface area contributed by atoms with Crippen LogP contribution < -0.4 is 0 Å². The van der Waals surface area contributed by atoms with Gasteiger partial charge in [0.1, 0.15) is 0 Å². The van der Waals surface area contributed by atoms with Gasteiger partial charge in [-0.25, -0.2) is 0 Å². The lowest BCUT2D eigenvalue weighted by molar-refractivity contribution is 0.101. The summed E-state index contributed by atoms with van der Waals surface area (Å²) in [5, 5.41) is 0. The van der Waals surface area contributed by atoms with Gasteiger partial charge in [0, 0.05) is 5.56 Å². The maximum absolute atomic E-state index is 11.2. The second-order valence-corrected chi connectivity index (χ2v) is 3.10. The first-order chi connectivity index (χ1) is 6.69. The molecule has 0 spiro atoms. The molecule has 1 aromatic carbocycles. The van der Waals surface area contributed by atoms with Gasteiger partial charge in [0.05, 0.1) is 0 Å². The third-order valence-corrected chi connectivity index (χ3v) is 2.06. The highest BCUT2D eigenvalue weighted by molar-refractivity contribution is 5.95. The van der Waals surface area contributed by atoms with E-state index in [2.05, 4.69) is 6.58 Å². The summed E-state index contributed by atoms with van der Waals surface area (Å²) >= 11 is 0. The van der Waals surface area contributed by atoms with Crippen LogP contribution in [0.15, 0.2) is 30.9 Å². The van der Waals surface area contributed by atoms with Crippen molar-refractivity contribution in [3.8, 4) is 0 Å². The Hall–Kier alpha value is -1.63. The van der Waals surface area contributed by atoms with Crippen LogP contribution in [0.5, 0.6) is 0 Å². The topological polar surface area (TPSA) is 17.1 Å². The van der Waals surface area contributed by atoms with E-state index in [1.165, 1.54) is 0 Å². The van der Waals surface area contributed by atoms with Gasteiger partial charge in [0.25, 0.3) is 0 Å². The molecule has 0 amide bonds. The normalized spacial score (nSPS) is 10.4. The number of benzene rings is 1. The van der Waals surface area contributed by atoms with Crippen molar-refractivity contribution in [1.29, 1.82) is 0 Å². The third kappa shape index (κ3) is 2.19. The monoisotopic (exact) mass is 186 g/mol. The Bertz CT molecular complexity index is 386. The summed E-state index contributed by atoms with van der Waals surface area (Å²) in [6.07, 6.45) is 5.72. The molecule has 1 rings (SSSR count). The van der Waals surface area contributed by atoms with Gasteiger partial charge in [-0.05, 0) is 31.0 Å². The molecule has 0 fully saturated rings. The van der Waals surface area contributed by atoms with Crippen molar-refractivity contribution < 1.29 is 4.79 Å². The van der Waals surface area contributed by atoms with Crippen molar-refractivity contribution >= 4 is 17.9 Å². The van der Waals surface area contributed by atoms with E-state index in [-0.39, 0.29) is 5.78 Å². The van der Waals surface area contributed by atoms with Crippen molar-refractivity contribution in [2.45, 2.75) is 13.8 Å². The maximum atomic E-state index is 11.2. The number of Topliss-reactive ketones (excluding diaryl/α,β-unsaturated/α-hetero) is 1. The van der Waals surface area contributed by atoms with Crippen LogP contribution in [0.3, 0.4) is 0 Å². The molecule has 0 saturated carbocycles. The van der Waals surface area contributed by atoms with E-state index in [4.69, 9.17) is 0 Å². The molecule has 72 valence electrons. The highest BCUT2D eigenvalue weighted by Crippen LogP contribution is 2.15. The molecule has 0 radical (unpaired) electrons. The molecule has 0 atom stereocenters. The van der Waals surface area contributed by atoms with Crippen LogP contribution in [-0.4, -0.2) is 5.78 Å². The Morgan fingerprint density at radius 2 is 2.07 bits per heavy atom. The molecule has 0 unspecified atom stereocenters. The molecule has 0 aliphatic rings. The lowest BCUT2D eigenvalue weighted by atomic mass is 10.0. The molecule has 1 nitrogen and oxygen atoms in total. The van der Waals surface area contributed by atoms with Crippen LogP contribution in [0.4, 0.5) is 0 Å². The zero-order valence-corrected chi connectivity index (χ0v) is 8.58. The quantitative estimate of drug-likeness (QED) is 0.659. The predicted molar refractivity (Wildman–Crippen MR) is 61.2 cm³/mol. The van der Waals surface area contributed by atoms with E-state index in [1.807, 2.05) is 37.3 Å².